The molecule has 0 fully saturated rings. The van der Waals surface area contributed by atoms with Gasteiger partial charge in [-0.2, -0.15) is 5.26 Å². The first-order valence-corrected chi connectivity index (χ1v) is 14.6. The van der Waals surface area contributed by atoms with Crippen molar-refractivity contribution in [1.82, 2.24) is 10.3 Å². The summed E-state index contributed by atoms with van der Waals surface area (Å²) in [4.78, 5) is 18.9. The summed E-state index contributed by atoms with van der Waals surface area (Å²) in [6.45, 7) is 6.94. The van der Waals surface area contributed by atoms with Gasteiger partial charge in [-0.15, -0.1) is 11.3 Å². The van der Waals surface area contributed by atoms with Crippen LogP contribution >= 0.6 is 11.3 Å². The minimum Gasteiger partial charge on any atom is -0.436 e. The lowest BCUT2D eigenvalue weighted by Crippen LogP contribution is -2.29. The molecule has 1 aliphatic carbocycles. The molecular formula is C34H31N3O2S. The van der Waals surface area contributed by atoms with Crippen molar-refractivity contribution in [3.63, 3.8) is 0 Å². The van der Waals surface area contributed by atoms with Gasteiger partial charge < -0.3 is 9.73 Å². The molecule has 0 saturated heterocycles. The van der Waals surface area contributed by atoms with Crippen molar-refractivity contribution in [2.45, 2.75) is 46.0 Å². The molecule has 2 heterocycles. The van der Waals surface area contributed by atoms with Gasteiger partial charge in [0, 0.05) is 32.8 Å². The highest BCUT2D eigenvalue weighted by Gasteiger charge is 2.19. The average Bonchev–Trinajstić information content (AvgIpc) is 3.59. The van der Waals surface area contributed by atoms with Crippen molar-refractivity contribution in [1.29, 1.82) is 5.26 Å². The number of rotatable bonds is 6. The van der Waals surface area contributed by atoms with Gasteiger partial charge in [-0.3, -0.25) is 4.79 Å². The lowest BCUT2D eigenvalue weighted by Gasteiger charge is -2.21. The number of fused-ring (bicyclic) bond motifs is 2. The van der Waals surface area contributed by atoms with Crippen molar-refractivity contribution in [2.75, 3.05) is 6.54 Å². The van der Waals surface area contributed by atoms with Gasteiger partial charge in [-0.05, 0) is 97.5 Å². The lowest BCUT2D eigenvalue weighted by molar-refractivity contribution is 0.0946. The number of carbonyl (C=O) groups is 1. The number of amides is 1. The number of aromatic nitrogens is 1. The normalized spacial score (nSPS) is 15.4. The number of thiophene rings is 1. The first kappa shape index (κ1) is 26.0. The second-order valence-electron chi connectivity index (χ2n) is 11.0. The first-order chi connectivity index (χ1) is 19.4. The summed E-state index contributed by atoms with van der Waals surface area (Å²) in [5.74, 6) is 1.06. The lowest BCUT2D eigenvalue weighted by atomic mass is 9.89. The van der Waals surface area contributed by atoms with Crippen LogP contribution in [0.3, 0.4) is 0 Å². The van der Waals surface area contributed by atoms with Gasteiger partial charge in [0.25, 0.3) is 5.91 Å². The quantitative estimate of drug-likeness (QED) is 0.232. The summed E-state index contributed by atoms with van der Waals surface area (Å²) in [6, 6.07) is 22.1. The van der Waals surface area contributed by atoms with E-state index in [9.17, 15) is 10.1 Å². The minimum absolute atomic E-state index is 0.0699. The van der Waals surface area contributed by atoms with Crippen LogP contribution in [0.4, 0.5) is 0 Å². The SMILES string of the molecule is Cc1ccc2sc(C3=CCC(CNC(=O)c4ccc(-c5nc6cc(C#N)cc(C(C)C)c6o5)cc4)CC3)cc2c1. The zero-order chi connectivity index (χ0) is 27.8. The molecule has 6 rings (SSSR count). The van der Waals surface area contributed by atoms with Crippen LogP contribution < -0.4 is 5.32 Å². The zero-order valence-corrected chi connectivity index (χ0v) is 23.8. The fourth-order valence-electron chi connectivity index (χ4n) is 5.40. The molecule has 2 aromatic heterocycles. The molecule has 40 heavy (non-hydrogen) atoms. The maximum Gasteiger partial charge on any atom is 0.251 e. The largest absolute Gasteiger partial charge is 0.436 e. The monoisotopic (exact) mass is 545 g/mol. The molecule has 0 radical (unpaired) electrons. The number of oxazole rings is 1. The number of aryl methyl sites for hydroxylation is 1. The second kappa shape index (κ2) is 10.7. The van der Waals surface area contributed by atoms with Crippen molar-refractivity contribution in [3.05, 3.63) is 93.9 Å². The number of carbonyl (C=O) groups excluding carboxylic acids is 1. The van der Waals surface area contributed by atoms with E-state index in [-0.39, 0.29) is 11.8 Å². The van der Waals surface area contributed by atoms with Crippen LogP contribution in [0.15, 0.2) is 71.2 Å². The van der Waals surface area contributed by atoms with Gasteiger partial charge in [0.15, 0.2) is 5.58 Å². The van der Waals surface area contributed by atoms with Gasteiger partial charge in [0.05, 0.1) is 11.6 Å². The Morgan fingerprint density at radius 3 is 2.70 bits per heavy atom. The maximum absolute atomic E-state index is 12.9. The van der Waals surface area contributed by atoms with Crippen molar-refractivity contribution in [2.24, 2.45) is 5.92 Å². The molecule has 1 atom stereocenters. The Hall–Kier alpha value is -4.21. The topological polar surface area (TPSA) is 78.9 Å². The Kier molecular flexibility index (Phi) is 7.00. The van der Waals surface area contributed by atoms with Gasteiger partial charge in [0.2, 0.25) is 5.89 Å². The van der Waals surface area contributed by atoms with E-state index < -0.39 is 0 Å². The third-order valence-electron chi connectivity index (χ3n) is 7.72. The zero-order valence-electron chi connectivity index (χ0n) is 23.0. The van der Waals surface area contributed by atoms with E-state index in [1.807, 2.05) is 41.7 Å². The molecule has 3 aromatic carbocycles. The van der Waals surface area contributed by atoms with E-state index in [2.05, 4.69) is 67.5 Å². The Balaban J connectivity index is 1.09. The number of nitrogens with one attached hydrogen (secondary N) is 1. The summed E-state index contributed by atoms with van der Waals surface area (Å²) < 4.78 is 7.45. The fourth-order valence-corrected chi connectivity index (χ4v) is 6.51. The van der Waals surface area contributed by atoms with E-state index in [1.54, 1.807) is 6.07 Å². The van der Waals surface area contributed by atoms with Crippen LogP contribution in [0.1, 0.15) is 71.0 Å². The second-order valence-corrected chi connectivity index (χ2v) is 12.1. The van der Waals surface area contributed by atoms with E-state index in [0.717, 1.165) is 30.4 Å². The first-order valence-electron chi connectivity index (χ1n) is 13.8. The molecule has 6 heteroatoms. The van der Waals surface area contributed by atoms with Crippen molar-refractivity contribution >= 4 is 44.0 Å². The highest BCUT2D eigenvalue weighted by Crippen LogP contribution is 2.37. The van der Waals surface area contributed by atoms with Crippen LogP contribution in [-0.4, -0.2) is 17.4 Å². The van der Waals surface area contributed by atoms with Gasteiger partial charge in [0.1, 0.15) is 5.52 Å². The summed E-state index contributed by atoms with van der Waals surface area (Å²) >= 11 is 1.87. The van der Waals surface area contributed by atoms with Gasteiger partial charge in [-0.1, -0.05) is 37.6 Å². The summed E-state index contributed by atoms with van der Waals surface area (Å²) in [5, 5.41) is 13.8. The maximum atomic E-state index is 12.9. The number of hydrogen-bond donors (Lipinski definition) is 1. The number of hydrogen-bond acceptors (Lipinski definition) is 5. The highest BCUT2D eigenvalue weighted by atomic mass is 32.1. The molecule has 0 spiro atoms. The highest BCUT2D eigenvalue weighted by molar-refractivity contribution is 7.20. The number of allylic oxidation sites excluding steroid dienone is 2. The summed E-state index contributed by atoms with van der Waals surface area (Å²) in [5.41, 5.74) is 7.05. The fraction of sp³-hybridized carbons (Fsp3) is 0.265. The predicted octanol–water partition coefficient (Wildman–Crippen LogP) is 8.63. The number of nitriles is 1. The Labute approximate surface area is 238 Å². The molecule has 1 aliphatic rings. The molecule has 0 aliphatic heterocycles. The summed E-state index contributed by atoms with van der Waals surface area (Å²) in [7, 11) is 0. The number of nitrogens with zero attached hydrogens (tertiary/aromatic N) is 2. The molecule has 1 unspecified atom stereocenters. The van der Waals surface area contributed by atoms with Gasteiger partial charge in [-0.25, -0.2) is 4.98 Å². The number of benzene rings is 3. The predicted molar refractivity (Wildman–Crippen MR) is 162 cm³/mol. The van der Waals surface area contributed by atoms with Crippen LogP contribution in [0.25, 0.3) is 38.2 Å². The molecule has 1 N–H and O–H groups in total. The third-order valence-corrected chi connectivity index (χ3v) is 8.91. The molecule has 0 bridgehead atoms. The van der Waals surface area contributed by atoms with Crippen LogP contribution in [0.5, 0.6) is 0 Å². The average molecular weight is 546 g/mol. The third kappa shape index (κ3) is 5.17. The Bertz CT molecular complexity index is 1800. The van der Waals surface area contributed by atoms with Crippen LogP contribution in [-0.2, 0) is 0 Å². The molecule has 200 valence electrons. The van der Waals surface area contributed by atoms with E-state index in [0.29, 0.717) is 40.6 Å². The van der Waals surface area contributed by atoms with Crippen molar-refractivity contribution in [3.8, 4) is 17.5 Å². The minimum atomic E-state index is -0.0699. The van der Waals surface area contributed by atoms with Crippen molar-refractivity contribution < 1.29 is 9.21 Å². The van der Waals surface area contributed by atoms with E-state index >= 15 is 0 Å². The smallest absolute Gasteiger partial charge is 0.251 e. The van der Waals surface area contributed by atoms with Crippen LogP contribution in [0.2, 0.25) is 0 Å². The standard InChI is InChI=1S/C34H31N3O2S/c1-20(2)28-15-23(18-35)16-29-32(28)39-34(37-29)26-11-9-25(10-12-26)33(38)36-19-22-5-7-24(8-6-22)31-17-27-14-21(3)4-13-30(27)40-31/h4,7,9-17,20,22H,5-6,8,19H2,1-3H3,(H,36,38). The molecule has 0 saturated carbocycles. The Morgan fingerprint density at radius 2 is 1.98 bits per heavy atom. The van der Waals surface area contributed by atoms with E-state index in [4.69, 9.17) is 4.42 Å². The molecule has 5 aromatic rings. The summed E-state index contributed by atoms with van der Waals surface area (Å²) in [6.07, 6.45) is 5.45. The van der Waals surface area contributed by atoms with Crippen LogP contribution in [0, 0.1) is 24.2 Å². The van der Waals surface area contributed by atoms with E-state index in [1.165, 1.54) is 26.1 Å². The Morgan fingerprint density at radius 1 is 1.15 bits per heavy atom. The molecule has 1 amide bonds. The van der Waals surface area contributed by atoms with Gasteiger partial charge >= 0.3 is 0 Å². The molecular weight excluding hydrogens is 514 g/mol. The molecule has 5 nitrogen and oxygen atoms in total.